The minimum atomic E-state index is -1.07. The number of hydrogen-bond donors (Lipinski definition) is 0. The number of ether oxygens (including phenoxy) is 7. The first-order chi connectivity index (χ1) is 12.8. The number of carbonyl (C=O) groups excluding carboxylic acids is 3. The first kappa shape index (κ1) is 25.2. The summed E-state index contributed by atoms with van der Waals surface area (Å²) in [6.07, 6.45) is -3.75. The van der Waals surface area contributed by atoms with Gasteiger partial charge in [0.1, 0.15) is 18.8 Å². The van der Waals surface area contributed by atoms with Gasteiger partial charge in [0.25, 0.3) is 0 Å². The SMILES string of the molecule is COCCOC(C(COC(C)=O)OC)C(OC(C)=O)C(COC)OC(C)=O. The second-order valence-electron chi connectivity index (χ2n) is 5.58. The maximum absolute atomic E-state index is 11.7. The third kappa shape index (κ3) is 10.9. The highest BCUT2D eigenvalue weighted by Gasteiger charge is 2.41. The molecule has 10 nitrogen and oxygen atoms in total. The Kier molecular flexibility index (Phi) is 13.4. The summed E-state index contributed by atoms with van der Waals surface area (Å²) in [6, 6.07) is 0. The van der Waals surface area contributed by atoms with Crippen LogP contribution < -0.4 is 0 Å². The molecule has 0 radical (unpaired) electrons. The van der Waals surface area contributed by atoms with Crippen molar-refractivity contribution < 1.29 is 47.5 Å². The highest BCUT2D eigenvalue weighted by Crippen LogP contribution is 2.19. The summed E-state index contributed by atoms with van der Waals surface area (Å²) in [6.45, 7) is 3.89. The Hall–Kier alpha value is -1.75. The van der Waals surface area contributed by atoms with Crippen LogP contribution in [0, 0.1) is 0 Å². The van der Waals surface area contributed by atoms with Crippen LogP contribution in [0.25, 0.3) is 0 Å². The van der Waals surface area contributed by atoms with Crippen LogP contribution in [0.15, 0.2) is 0 Å². The summed E-state index contributed by atoms with van der Waals surface area (Å²) >= 11 is 0. The van der Waals surface area contributed by atoms with Crippen molar-refractivity contribution in [1.29, 1.82) is 0 Å². The molecule has 0 aliphatic carbocycles. The standard InChI is InChI=1S/C17H30O10/c1-11(18)25-10-14(23-6)16(24-8-7-21-4)17(27-13(3)20)15(9-22-5)26-12(2)19/h14-17H,7-10H2,1-6H3. The highest BCUT2D eigenvalue weighted by atomic mass is 16.6. The smallest absolute Gasteiger partial charge is 0.303 e. The van der Waals surface area contributed by atoms with Gasteiger partial charge in [-0.05, 0) is 0 Å². The van der Waals surface area contributed by atoms with Gasteiger partial charge in [0.15, 0.2) is 12.2 Å². The molecule has 0 aromatic heterocycles. The lowest BCUT2D eigenvalue weighted by atomic mass is 10.0. The first-order valence-electron chi connectivity index (χ1n) is 8.36. The van der Waals surface area contributed by atoms with Crippen molar-refractivity contribution in [2.45, 2.75) is 45.2 Å². The molecule has 0 aromatic rings. The van der Waals surface area contributed by atoms with Gasteiger partial charge in [0.05, 0.1) is 19.8 Å². The van der Waals surface area contributed by atoms with Crippen molar-refractivity contribution in [2.24, 2.45) is 0 Å². The van der Waals surface area contributed by atoms with Crippen LogP contribution in [0.1, 0.15) is 20.8 Å². The van der Waals surface area contributed by atoms with Gasteiger partial charge in [0.2, 0.25) is 0 Å². The number of carbonyl (C=O) groups is 3. The second kappa shape index (κ2) is 14.3. The van der Waals surface area contributed by atoms with Crippen molar-refractivity contribution >= 4 is 17.9 Å². The molecule has 10 heteroatoms. The lowest BCUT2D eigenvalue weighted by Crippen LogP contribution is -2.53. The highest BCUT2D eigenvalue weighted by molar-refractivity contribution is 5.67. The van der Waals surface area contributed by atoms with E-state index >= 15 is 0 Å². The summed E-state index contributed by atoms with van der Waals surface area (Å²) in [7, 11) is 4.30. The van der Waals surface area contributed by atoms with Crippen LogP contribution in [0.4, 0.5) is 0 Å². The third-order valence-electron chi connectivity index (χ3n) is 3.36. The maximum Gasteiger partial charge on any atom is 0.303 e. The molecule has 0 aliphatic rings. The van der Waals surface area contributed by atoms with Crippen LogP contribution >= 0.6 is 0 Å². The predicted octanol–water partition coefficient (Wildman–Crippen LogP) is 0.106. The molecule has 0 bridgehead atoms. The van der Waals surface area contributed by atoms with Crippen LogP contribution in [0.5, 0.6) is 0 Å². The molecule has 0 amide bonds. The molecule has 0 heterocycles. The Labute approximate surface area is 159 Å². The fourth-order valence-corrected chi connectivity index (χ4v) is 2.30. The van der Waals surface area contributed by atoms with Gasteiger partial charge in [-0.25, -0.2) is 0 Å². The molecule has 0 rings (SSSR count). The quantitative estimate of drug-likeness (QED) is 0.228. The summed E-state index contributed by atoms with van der Waals surface area (Å²) in [5, 5.41) is 0. The molecule has 0 fully saturated rings. The van der Waals surface area contributed by atoms with Crippen molar-refractivity contribution in [3.63, 3.8) is 0 Å². The van der Waals surface area contributed by atoms with Crippen LogP contribution in [-0.4, -0.2) is 90.1 Å². The van der Waals surface area contributed by atoms with E-state index in [0.29, 0.717) is 0 Å². The first-order valence-corrected chi connectivity index (χ1v) is 8.36. The molecular formula is C17H30O10. The van der Waals surface area contributed by atoms with Gasteiger partial charge >= 0.3 is 17.9 Å². The van der Waals surface area contributed by atoms with Gasteiger partial charge in [-0.15, -0.1) is 0 Å². The lowest BCUT2D eigenvalue weighted by molar-refractivity contribution is -0.201. The monoisotopic (exact) mass is 394 g/mol. The van der Waals surface area contributed by atoms with Gasteiger partial charge in [-0.1, -0.05) is 0 Å². The van der Waals surface area contributed by atoms with Crippen molar-refractivity contribution in [3.05, 3.63) is 0 Å². The zero-order valence-corrected chi connectivity index (χ0v) is 16.7. The van der Waals surface area contributed by atoms with E-state index in [1.807, 2.05) is 0 Å². The molecule has 27 heavy (non-hydrogen) atoms. The van der Waals surface area contributed by atoms with E-state index in [0.717, 1.165) is 0 Å². The Morgan fingerprint density at radius 1 is 0.704 bits per heavy atom. The molecule has 0 saturated heterocycles. The normalized spacial score (nSPS) is 15.3. The summed E-state index contributed by atoms with van der Waals surface area (Å²) in [4.78, 5) is 34.3. The fourth-order valence-electron chi connectivity index (χ4n) is 2.30. The predicted molar refractivity (Wildman–Crippen MR) is 92.0 cm³/mol. The minimum absolute atomic E-state index is 0.0499. The number of hydrogen-bond acceptors (Lipinski definition) is 10. The number of methoxy groups -OCH3 is 3. The average molecular weight is 394 g/mol. The Morgan fingerprint density at radius 3 is 1.78 bits per heavy atom. The number of esters is 3. The summed E-state index contributed by atoms with van der Waals surface area (Å²) in [5.41, 5.74) is 0. The molecule has 0 saturated carbocycles. The van der Waals surface area contributed by atoms with Crippen LogP contribution in [0.2, 0.25) is 0 Å². The maximum atomic E-state index is 11.7. The Bertz CT molecular complexity index is 453. The molecule has 0 N–H and O–H groups in total. The molecular weight excluding hydrogens is 364 g/mol. The van der Waals surface area contributed by atoms with E-state index in [2.05, 4.69) is 0 Å². The molecule has 158 valence electrons. The van der Waals surface area contributed by atoms with Crippen molar-refractivity contribution in [2.75, 3.05) is 47.8 Å². The van der Waals surface area contributed by atoms with Gasteiger partial charge in [0, 0.05) is 42.1 Å². The lowest BCUT2D eigenvalue weighted by Gasteiger charge is -2.35. The van der Waals surface area contributed by atoms with Crippen LogP contribution in [-0.2, 0) is 47.5 Å². The van der Waals surface area contributed by atoms with E-state index in [1.165, 1.54) is 42.1 Å². The third-order valence-corrected chi connectivity index (χ3v) is 3.36. The average Bonchev–Trinajstić information content (AvgIpc) is 2.57. The molecule has 4 atom stereocenters. The van der Waals surface area contributed by atoms with E-state index < -0.39 is 42.3 Å². The van der Waals surface area contributed by atoms with E-state index in [1.54, 1.807) is 0 Å². The van der Waals surface area contributed by atoms with Gasteiger partial charge in [-0.3, -0.25) is 14.4 Å². The molecule has 0 aromatic carbocycles. The molecule has 0 spiro atoms. The van der Waals surface area contributed by atoms with Crippen molar-refractivity contribution in [3.8, 4) is 0 Å². The summed E-state index contributed by atoms with van der Waals surface area (Å²) < 4.78 is 36.8. The largest absolute Gasteiger partial charge is 0.463 e. The second-order valence-corrected chi connectivity index (χ2v) is 5.58. The van der Waals surface area contributed by atoms with Crippen molar-refractivity contribution in [1.82, 2.24) is 0 Å². The minimum Gasteiger partial charge on any atom is -0.463 e. The van der Waals surface area contributed by atoms with Crippen LogP contribution in [0.3, 0.4) is 0 Å². The zero-order chi connectivity index (χ0) is 20.8. The van der Waals surface area contributed by atoms with E-state index in [9.17, 15) is 14.4 Å². The topological polar surface area (TPSA) is 116 Å². The summed E-state index contributed by atoms with van der Waals surface area (Å²) in [5.74, 6) is -1.71. The van der Waals surface area contributed by atoms with Gasteiger partial charge < -0.3 is 33.2 Å². The van der Waals surface area contributed by atoms with E-state index in [4.69, 9.17) is 33.2 Å². The van der Waals surface area contributed by atoms with Gasteiger partial charge in [-0.2, -0.15) is 0 Å². The Morgan fingerprint density at radius 2 is 1.33 bits per heavy atom. The van der Waals surface area contributed by atoms with E-state index in [-0.39, 0.29) is 26.4 Å². The zero-order valence-electron chi connectivity index (χ0n) is 16.7. The Balaban J connectivity index is 5.69. The fraction of sp³-hybridized carbons (Fsp3) is 0.824. The molecule has 0 aliphatic heterocycles. The number of rotatable bonds is 14. The molecule has 4 unspecified atom stereocenters.